The van der Waals surface area contributed by atoms with Crippen molar-refractivity contribution in [1.82, 2.24) is 19.9 Å². The van der Waals surface area contributed by atoms with Crippen molar-refractivity contribution in [1.29, 1.82) is 5.26 Å². The molecule has 0 saturated carbocycles. The molecule has 0 aliphatic carbocycles. The molecule has 5 nitrogen and oxygen atoms in total. The van der Waals surface area contributed by atoms with E-state index in [9.17, 15) is 5.26 Å². The Kier molecular flexibility index (Phi) is 10.6. The Morgan fingerprint density at radius 3 is 1.03 bits per heavy atom. The smallest absolute Gasteiger partial charge is 0.102 e. The molecule has 2 aliphatic heterocycles. The maximum Gasteiger partial charge on any atom is 0.102 e. The molecule has 8 bridgehead atoms. The van der Waals surface area contributed by atoms with E-state index in [1.807, 2.05) is 0 Å². The van der Waals surface area contributed by atoms with Crippen molar-refractivity contribution in [2.24, 2.45) is 0 Å². The number of hydrogen-bond donors (Lipinski definition) is 2. The summed E-state index contributed by atoms with van der Waals surface area (Å²) in [7, 11) is 0. The summed E-state index contributed by atoms with van der Waals surface area (Å²) in [5.41, 5.74) is 34.3. The van der Waals surface area contributed by atoms with E-state index in [-0.39, 0.29) is 0 Å². The van der Waals surface area contributed by atoms with Crippen LogP contribution >= 0.6 is 0 Å². The summed E-state index contributed by atoms with van der Waals surface area (Å²) < 4.78 is 0. The van der Waals surface area contributed by atoms with E-state index in [1.165, 1.54) is 77.9 Å². The van der Waals surface area contributed by atoms with Crippen LogP contribution < -0.4 is 0 Å². The fourth-order valence-electron chi connectivity index (χ4n) is 11.5. The van der Waals surface area contributed by atoms with Gasteiger partial charge >= 0.3 is 0 Å². The summed E-state index contributed by atoms with van der Waals surface area (Å²) in [5, 5.41) is 11.3. The summed E-state index contributed by atoms with van der Waals surface area (Å²) in [6.07, 6.45) is 0. The first-order valence-electron chi connectivity index (χ1n) is 22.8. The van der Waals surface area contributed by atoms with Gasteiger partial charge in [-0.15, -0.1) is 0 Å². The zero-order chi connectivity index (χ0) is 46.5. The molecule has 0 fully saturated rings. The Balaban J connectivity index is 1.52. The van der Waals surface area contributed by atoms with Crippen molar-refractivity contribution in [2.75, 3.05) is 0 Å². The zero-order valence-electron chi connectivity index (χ0n) is 40.8. The Morgan fingerprint density at radius 1 is 0.338 bits per heavy atom. The monoisotopic (exact) mass is 849 g/mol. The minimum atomic E-state index is 0.586. The number of aromatic amines is 2. The number of rotatable bonds is 4. The lowest BCUT2D eigenvalue weighted by Gasteiger charge is -2.14. The molecule has 5 heteroatoms. The molecule has 0 amide bonds. The molecular weight excluding hydrogens is 791 g/mol. The van der Waals surface area contributed by atoms with Crippen LogP contribution in [0.3, 0.4) is 0 Å². The lowest BCUT2D eigenvalue weighted by molar-refractivity contribution is 1.26. The van der Waals surface area contributed by atoms with Crippen LogP contribution in [0.2, 0.25) is 0 Å². The second kappa shape index (κ2) is 15.9. The third-order valence-corrected chi connectivity index (χ3v) is 13.8. The van der Waals surface area contributed by atoms with Crippen molar-refractivity contribution >= 4 is 44.4 Å². The standard InChI is InChI=1S/C60H59N5/c1-29-16-33(5)53(34(6)17-29)57-41(13)45-24-50-58(54-35(7)18-30(2)19-36(54)8)43(15)47(63-50)26-52-60(56-39(11)22-32(4)23-40(56)12)44(28-61)48(65-52)27-51-59(42(14)46(64-51)25-49(57)62-45)55-37(9)20-31(3)21-38(55)10/h16-27,62,65H,1-15H3. The van der Waals surface area contributed by atoms with Gasteiger partial charge in [-0.25, -0.2) is 9.97 Å². The molecule has 65 heavy (non-hydrogen) atoms. The molecule has 324 valence electrons. The van der Waals surface area contributed by atoms with E-state index >= 15 is 0 Å². The van der Waals surface area contributed by atoms with Crippen LogP contribution in [-0.4, -0.2) is 19.9 Å². The van der Waals surface area contributed by atoms with E-state index in [0.717, 1.165) is 95.0 Å². The lowest BCUT2D eigenvalue weighted by atomic mass is 9.89. The first kappa shape index (κ1) is 43.2. The number of hydrogen-bond acceptors (Lipinski definition) is 3. The molecule has 0 atom stereocenters. The average molecular weight is 850 g/mol. The number of benzene rings is 4. The van der Waals surface area contributed by atoms with Crippen LogP contribution in [-0.2, 0) is 0 Å². The van der Waals surface area contributed by atoms with Gasteiger partial charge in [0.1, 0.15) is 6.07 Å². The van der Waals surface area contributed by atoms with E-state index in [0.29, 0.717) is 5.56 Å². The van der Waals surface area contributed by atoms with Gasteiger partial charge in [0.2, 0.25) is 0 Å². The van der Waals surface area contributed by atoms with Gasteiger partial charge in [-0.05, 0) is 212 Å². The largest absolute Gasteiger partial charge is 0.355 e. The lowest BCUT2D eigenvalue weighted by Crippen LogP contribution is -1.96. The topological polar surface area (TPSA) is 81.2 Å². The molecule has 4 aromatic carbocycles. The SMILES string of the molecule is CC1=C(c2c(C)cc(C)cc2C)c2cc3[nH]c(cc4nc(cc5[nH]c(cc1n2)c(-c1c(C)cc(C)cc1C)c5C#N)C(c1c(C)cc(C)cc1C)=C4C)c(-c1c(C)cc(C)cc1C)c3C. The quantitative estimate of drug-likeness (QED) is 0.185. The van der Waals surface area contributed by atoms with Gasteiger partial charge in [0.15, 0.2) is 0 Å². The maximum atomic E-state index is 11.3. The number of H-pyrrole nitrogens is 2. The van der Waals surface area contributed by atoms with Crippen LogP contribution in [0.15, 0.2) is 72.8 Å². The van der Waals surface area contributed by atoms with Crippen molar-refractivity contribution in [3.63, 3.8) is 0 Å². The molecule has 0 saturated heterocycles. The summed E-state index contributed by atoms with van der Waals surface area (Å²) >= 11 is 0. The van der Waals surface area contributed by atoms with Gasteiger partial charge in [0, 0.05) is 38.8 Å². The van der Waals surface area contributed by atoms with Gasteiger partial charge in [0.25, 0.3) is 0 Å². The molecule has 2 N–H and O–H groups in total. The Bertz CT molecular complexity index is 3440. The van der Waals surface area contributed by atoms with Crippen LogP contribution in [0, 0.1) is 101 Å². The highest BCUT2D eigenvalue weighted by Crippen LogP contribution is 2.45. The first-order valence-corrected chi connectivity index (χ1v) is 22.8. The van der Waals surface area contributed by atoms with E-state index in [2.05, 4.69) is 193 Å². The summed E-state index contributed by atoms with van der Waals surface area (Å²) in [5.74, 6) is 0. The highest BCUT2D eigenvalue weighted by molar-refractivity contribution is 6.05. The van der Waals surface area contributed by atoms with E-state index < -0.39 is 0 Å². The fourth-order valence-corrected chi connectivity index (χ4v) is 11.5. The molecule has 0 spiro atoms. The van der Waals surface area contributed by atoms with Gasteiger partial charge in [-0.2, -0.15) is 5.26 Å². The predicted octanol–water partition coefficient (Wildman–Crippen LogP) is 15.5. The molecule has 7 aromatic rings. The molecule has 0 radical (unpaired) electrons. The van der Waals surface area contributed by atoms with Crippen molar-refractivity contribution in [3.05, 3.63) is 185 Å². The van der Waals surface area contributed by atoms with Crippen LogP contribution in [0.5, 0.6) is 0 Å². The molecular formula is C60H59N5. The van der Waals surface area contributed by atoms with Crippen LogP contribution in [0.1, 0.15) is 126 Å². The maximum absolute atomic E-state index is 11.3. The fraction of sp³-hybridized carbons (Fsp3) is 0.250. The molecule has 2 aliphatic rings. The number of allylic oxidation sites excluding steroid dienone is 2. The number of aromatic nitrogens is 4. The molecule has 0 unspecified atom stereocenters. The van der Waals surface area contributed by atoms with Crippen molar-refractivity contribution in [2.45, 2.75) is 104 Å². The van der Waals surface area contributed by atoms with Gasteiger partial charge < -0.3 is 9.97 Å². The normalized spacial score (nSPS) is 12.7. The number of fused-ring (bicyclic) bond motifs is 8. The summed E-state index contributed by atoms with van der Waals surface area (Å²) in [6.45, 7) is 32.8. The highest BCUT2D eigenvalue weighted by Gasteiger charge is 2.27. The number of nitrogens with one attached hydrogen (secondary N) is 2. The molecule has 9 rings (SSSR count). The van der Waals surface area contributed by atoms with E-state index in [1.54, 1.807) is 0 Å². The number of nitrogens with zero attached hydrogens (tertiary/aromatic N) is 3. The average Bonchev–Trinajstić information content (AvgIpc) is 3.88. The molecule has 5 heterocycles. The molecule has 3 aromatic heterocycles. The zero-order valence-corrected chi connectivity index (χ0v) is 40.8. The van der Waals surface area contributed by atoms with Crippen LogP contribution in [0.25, 0.3) is 66.6 Å². The second-order valence-corrected chi connectivity index (χ2v) is 19.2. The van der Waals surface area contributed by atoms with Gasteiger partial charge in [-0.3, -0.25) is 0 Å². The van der Waals surface area contributed by atoms with E-state index in [4.69, 9.17) is 9.97 Å². The van der Waals surface area contributed by atoms with Gasteiger partial charge in [-0.1, -0.05) is 70.8 Å². The van der Waals surface area contributed by atoms with Crippen LogP contribution in [0.4, 0.5) is 0 Å². The summed E-state index contributed by atoms with van der Waals surface area (Å²) in [6, 6.07) is 29.5. The first-order chi connectivity index (χ1) is 30.8. The minimum absolute atomic E-state index is 0.586. The highest BCUT2D eigenvalue weighted by atomic mass is 14.8. The third-order valence-electron chi connectivity index (χ3n) is 13.8. The minimum Gasteiger partial charge on any atom is -0.355 e. The Labute approximate surface area is 384 Å². The second-order valence-electron chi connectivity index (χ2n) is 19.2. The number of aryl methyl sites for hydroxylation is 13. The van der Waals surface area contributed by atoms with Crippen molar-refractivity contribution < 1.29 is 0 Å². The summed E-state index contributed by atoms with van der Waals surface area (Å²) in [4.78, 5) is 18.9. The Hall–Kier alpha value is -7.03. The number of nitriles is 1. The third kappa shape index (κ3) is 7.17. The van der Waals surface area contributed by atoms with Crippen molar-refractivity contribution in [3.8, 4) is 28.3 Å². The Morgan fingerprint density at radius 2 is 0.646 bits per heavy atom. The van der Waals surface area contributed by atoms with Gasteiger partial charge in [0.05, 0.1) is 33.9 Å². The predicted molar refractivity (Wildman–Crippen MR) is 274 cm³/mol.